The second-order valence-electron chi connectivity index (χ2n) is 2.71. The van der Waals surface area contributed by atoms with Crippen molar-refractivity contribution < 1.29 is 32.2 Å². The molecule has 0 bridgehead atoms. The Balaban J connectivity index is 2.41. The molecule has 0 aromatic carbocycles. The van der Waals surface area contributed by atoms with Crippen molar-refractivity contribution >= 4 is 5.97 Å². The number of rotatable bonds is 4. The van der Waals surface area contributed by atoms with E-state index in [1.165, 1.54) is 0 Å². The summed E-state index contributed by atoms with van der Waals surface area (Å²) in [6, 6.07) is 1.11. The van der Waals surface area contributed by atoms with Crippen LogP contribution in [0.4, 0.5) is 13.2 Å². The number of hydrogen-bond acceptors (Lipinski definition) is 3. The van der Waals surface area contributed by atoms with Crippen LogP contribution >= 0.6 is 0 Å². The lowest BCUT2D eigenvalue weighted by atomic mass is 10.3. The molecule has 0 aliphatic carbocycles. The summed E-state index contributed by atoms with van der Waals surface area (Å²) in [5, 5.41) is 8.47. The molecule has 1 N–H and O–H groups in total. The van der Waals surface area contributed by atoms with E-state index in [4.69, 9.17) is 5.11 Å². The van der Waals surface area contributed by atoms with E-state index < -0.39 is 25.4 Å². The number of furan rings is 1. The van der Waals surface area contributed by atoms with Gasteiger partial charge >= 0.3 is 12.1 Å². The zero-order valence-corrected chi connectivity index (χ0v) is 7.37. The quantitative estimate of drug-likeness (QED) is 0.850. The Morgan fingerprint density at radius 1 is 1.53 bits per heavy atom. The third-order valence-electron chi connectivity index (χ3n) is 1.41. The maximum Gasteiger partial charge on any atom is 0.411 e. The monoisotopic (exact) mass is 224 g/mol. The van der Waals surface area contributed by atoms with E-state index in [2.05, 4.69) is 9.15 Å². The van der Waals surface area contributed by atoms with E-state index in [0.717, 1.165) is 12.3 Å². The van der Waals surface area contributed by atoms with Crippen molar-refractivity contribution in [2.75, 3.05) is 6.61 Å². The average Bonchev–Trinajstić information content (AvgIpc) is 2.50. The molecule has 84 valence electrons. The molecule has 7 heteroatoms. The topological polar surface area (TPSA) is 59.7 Å². The first-order chi connectivity index (χ1) is 6.88. The van der Waals surface area contributed by atoms with Crippen LogP contribution in [0.2, 0.25) is 0 Å². The van der Waals surface area contributed by atoms with Crippen molar-refractivity contribution in [2.24, 2.45) is 0 Å². The van der Waals surface area contributed by atoms with E-state index in [9.17, 15) is 18.0 Å². The van der Waals surface area contributed by atoms with Crippen LogP contribution in [0.5, 0.6) is 0 Å². The molecule has 0 fully saturated rings. The predicted octanol–water partition coefficient (Wildman–Crippen LogP) is 2.06. The van der Waals surface area contributed by atoms with Gasteiger partial charge in [0, 0.05) is 0 Å². The first-order valence-corrected chi connectivity index (χ1v) is 3.83. The van der Waals surface area contributed by atoms with Gasteiger partial charge in [-0.3, -0.25) is 0 Å². The van der Waals surface area contributed by atoms with Gasteiger partial charge in [0.15, 0.2) is 0 Å². The number of halogens is 3. The molecular weight excluding hydrogens is 217 g/mol. The number of carbonyl (C=O) groups is 1. The molecule has 0 atom stereocenters. The molecule has 0 spiro atoms. The summed E-state index contributed by atoms with van der Waals surface area (Å²) in [5.74, 6) is -1.17. The second-order valence-corrected chi connectivity index (χ2v) is 2.71. The molecule has 1 aromatic rings. The Morgan fingerprint density at radius 3 is 2.67 bits per heavy atom. The smallest absolute Gasteiger partial charge is 0.411 e. The van der Waals surface area contributed by atoms with E-state index >= 15 is 0 Å². The Hall–Kier alpha value is -1.50. The molecule has 0 aliphatic heterocycles. The first kappa shape index (κ1) is 11.6. The summed E-state index contributed by atoms with van der Waals surface area (Å²) < 4.78 is 43.9. The summed E-state index contributed by atoms with van der Waals surface area (Å²) in [6.45, 7) is -1.80. The molecule has 1 heterocycles. The summed E-state index contributed by atoms with van der Waals surface area (Å²) >= 11 is 0. The third kappa shape index (κ3) is 4.03. The summed E-state index contributed by atoms with van der Waals surface area (Å²) in [4.78, 5) is 10.4. The van der Waals surface area contributed by atoms with Crippen LogP contribution in [0.3, 0.4) is 0 Å². The number of ether oxygens (including phenoxy) is 1. The summed E-state index contributed by atoms with van der Waals surface area (Å²) in [7, 11) is 0. The highest BCUT2D eigenvalue weighted by Gasteiger charge is 2.27. The first-order valence-electron chi connectivity index (χ1n) is 3.83. The lowest BCUT2D eigenvalue weighted by Gasteiger charge is -2.05. The molecule has 1 aromatic heterocycles. The molecule has 0 unspecified atom stereocenters. The van der Waals surface area contributed by atoms with Crippen molar-refractivity contribution in [1.82, 2.24) is 0 Å². The van der Waals surface area contributed by atoms with Crippen LogP contribution in [0.25, 0.3) is 0 Å². The Bertz CT molecular complexity index is 342. The Labute approximate surface area is 82.3 Å². The SMILES string of the molecule is O=C(O)c1coc(COCC(F)(F)F)c1. The van der Waals surface area contributed by atoms with Gasteiger partial charge in [0.05, 0.1) is 5.56 Å². The van der Waals surface area contributed by atoms with E-state index in [1.54, 1.807) is 0 Å². The van der Waals surface area contributed by atoms with Gasteiger partial charge in [-0.05, 0) is 6.07 Å². The second kappa shape index (κ2) is 4.35. The average molecular weight is 224 g/mol. The molecule has 1 rings (SSSR count). The van der Waals surface area contributed by atoms with Gasteiger partial charge < -0.3 is 14.3 Å². The fourth-order valence-corrected chi connectivity index (χ4v) is 0.836. The van der Waals surface area contributed by atoms with Crippen LogP contribution in [0.1, 0.15) is 16.1 Å². The fraction of sp³-hybridized carbons (Fsp3) is 0.375. The standard InChI is InChI=1S/C8H7F3O4/c9-8(10,11)4-14-3-6-1-5(2-15-6)7(12)13/h1-2H,3-4H2,(H,12,13). The Morgan fingerprint density at radius 2 is 2.20 bits per heavy atom. The van der Waals surface area contributed by atoms with Gasteiger partial charge in [0.25, 0.3) is 0 Å². The zero-order valence-electron chi connectivity index (χ0n) is 7.37. The predicted molar refractivity (Wildman–Crippen MR) is 41.4 cm³/mol. The molecular formula is C8H7F3O4. The number of carboxylic acid groups (broad SMARTS) is 1. The summed E-state index contributed by atoms with van der Waals surface area (Å²) in [5.41, 5.74) is -0.124. The zero-order chi connectivity index (χ0) is 11.5. The molecule has 0 amide bonds. The molecule has 0 saturated heterocycles. The summed E-state index contributed by atoms with van der Waals surface area (Å²) in [6.07, 6.45) is -3.46. The van der Waals surface area contributed by atoms with Crippen molar-refractivity contribution in [3.63, 3.8) is 0 Å². The van der Waals surface area contributed by atoms with E-state index in [0.29, 0.717) is 0 Å². The van der Waals surface area contributed by atoms with E-state index in [1.807, 2.05) is 0 Å². The third-order valence-corrected chi connectivity index (χ3v) is 1.41. The van der Waals surface area contributed by atoms with Crippen LogP contribution in [-0.2, 0) is 11.3 Å². The molecule has 0 radical (unpaired) electrons. The van der Waals surface area contributed by atoms with Crippen LogP contribution in [-0.4, -0.2) is 23.9 Å². The number of hydrogen-bond donors (Lipinski definition) is 1. The maximum atomic E-state index is 11.6. The molecule has 0 aliphatic rings. The number of carboxylic acids is 1. The lowest BCUT2D eigenvalue weighted by Crippen LogP contribution is -2.16. The van der Waals surface area contributed by atoms with Crippen molar-refractivity contribution in [2.45, 2.75) is 12.8 Å². The largest absolute Gasteiger partial charge is 0.478 e. The van der Waals surface area contributed by atoms with Gasteiger partial charge in [-0.2, -0.15) is 13.2 Å². The van der Waals surface area contributed by atoms with Gasteiger partial charge in [-0.25, -0.2) is 4.79 Å². The van der Waals surface area contributed by atoms with E-state index in [-0.39, 0.29) is 11.3 Å². The maximum absolute atomic E-state index is 11.6. The van der Waals surface area contributed by atoms with Crippen LogP contribution in [0.15, 0.2) is 16.7 Å². The van der Waals surface area contributed by atoms with Crippen molar-refractivity contribution in [3.05, 3.63) is 23.7 Å². The Kier molecular flexibility index (Phi) is 3.35. The van der Waals surface area contributed by atoms with Crippen LogP contribution in [0, 0.1) is 0 Å². The lowest BCUT2D eigenvalue weighted by molar-refractivity contribution is -0.177. The van der Waals surface area contributed by atoms with Crippen molar-refractivity contribution in [3.8, 4) is 0 Å². The molecule has 4 nitrogen and oxygen atoms in total. The van der Waals surface area contributed by atoms with Gasteiger partial charge in [-0.1, -0.05) is 0 Å². The fourth-order valence-electron chi connectivity index (χ4n) is 0.836. The van der Waals surface area contributed by atoms with Gasteiger partial charge in [0.2, 0.25) is 0 Å². The van der Waals surface area contributed by atoms with Gasteiger partial charge in [0.1, 0.15) is 25.2 Å². The molecule has 0 saturated carbocycles. The van der Waals surface area contributed by atoms with Gasteiger partial charge in [-0.15, -0.1) is 0 Å². The highest BCUT2D eigenvalue weighted by atomic mass is 19.4. The van der Waals surface area contributed by atoms with Crippen LogP contribution < -0.4 is 0 Å². The number of alkyl halides is 3. The molecule has 15 heavy (non-hydrogen) atoms. The van der Waals surface area contributed by atoms with Crippen molar-refractivity contribution in [1.29, 1.82) is 0 Å². The normalized spacial score (nSPS) is 11.7. The highest BCUT2D eigenvalue weighted by molar-refractivity contribution is 5.87. The minimum Gasteiger partial charge on any atom is -0.478 e. The highest BCUT2D eigenvalue weighted by Crippen LogP contribution is 2.16. The minimum atomic E-state index is -4.40. The number of aromatic carboxylic acids is 1. The minimum absolute atomic E-state index is 0.0386.